The summed E-state index contributed by atoms with van der Waals surface area (Å²) in [6, 6.07) is 8.18. The highest BCUT2D eigenvalue weighted by molar-refractivity contribution is 5.33. The molecule has 0 aliphatic rings. The highest BCUT2D eigenvalue weighted by Crippen LogP contribution is 2.18. The molecule has 0 amide bonds. The van der Waals surface area contributed by atoms with E-state index < -0.39 is 0 Å². The summed E-state index contributed by atoms with van der Waals surface area (Å²) in [6.45, 7) is 5.04. The van der Waals surface area contributed by atoms with Crippen molar-refractivity contribution in [2.24, 2.45) is 5.73 Å². The summed E-state index contributed by atoms with van der Waals surface area (Å²) in [5, 5.41) is 0. The van der Waals surface area contributed by atoms with Crippen LogP contribution in [0.5, 0.6) is 5.75 Å². The Labute approximate surface area is 104 Å². The van der Waals surface area contributed by atoms with Crippen molar-refractivity contribution in [1.82, 2.24) is 0 Å². The zero-order valence-corrected chi connectivity index (χ0v) is 10.7. The summed E-state index contributed by atoms with van der Waals surface area (Å²) in [6.07, 6.45) is 2.85. The summed E-state index contributed by atoms with van der Waals surface area (Å²) in [5.41, 5.74) is 6.63. The molecule has 3 heteroatoms. The monoisotopic (exact) mass is 237 g/mol. The van der Waals surface area contributed by atoms with Gasteiger partial charge in [0.15, 0.2) is 0 Å². The smallest absolute Gasteiger partial charge is 0.122 e. The lowest BCUT2D eigenvalue weighted by Crippen LogP contribution is -2.07. The third-order valence-electron chi connectivity index (χ3n) is 2.54. The predicted octanol–water partition coefficient (Wildman–Crippen LogP) is 2.38. The SMILES string of the molecule is CCc1ccccc1OCCCOCCCN. The van der Waals surface area contributed by atoms with Crippen LogP contribution in [-0.4, -0.2) is 26.4 Å². The van der Waals surface area contributed by atoms with Crippen LogP contribution in [0.3, 0.4) is 0 Å². The number of aryl methyl sites for hydroxylation is 1. The third-order valence-corrected chi connectivity index (χ3v) is 2.54. The second-order valence-electron chi connectivity index (χ2n) is 3.92. The molecule has 17 heavy (non-hydrogen) atoms. The van der Waals surface area contributed by atoms with Gasteiger partial charge in [0.1, 0.15) is 5.75 Å². The van der Waals surface area contributed by atoms with Crippen LogP contribution in [0.4, 0.5) is 0 Å². The van der Waals surface area contributed by atoms with Crippen LogP contribution in [0.15, 0.2) is 24.3 Å². The van der Waals surface area contributed by atoms with E-state index in [2.05, 4.69) is 13.0 Å². The Morgan fingerprint density at radius 2 is 1.82 bits per heavy atom. The minimum Gasteiger partial charge on any atom is -0.493 e. The van der Waals surface area contributed by atoms with E-state index >= 15 is 0 Å². The summed E-state index contributed by atoms with van der Waals surface area (Å²) in [4.78, 5) is 0. The fraction of sp³-hybridized carbons (Fsp3) is 0.571. The van der Waals surface area contributed by atoms with Crippen LogP contribution in [-0.2, 0) is 11.2 Å². The summed E-state index contributed by atoms with van der Waals surface area (Å²) < 4.78 is 11.1. The molecule has 0 aliphatic heterocycles. The first-order valence-corrected chi connectivity index (χ1v) is 6.37. The van der Waals surface area contributed by atoms with E-state index in [1.165, 1.54) is 5.56 Å². The third kappa shape index (κ3) is 5.71. The van der Waals surface area contributed by atoms with E-state index in [0.717, 1.165) is 38.2 Å². The van der Waals surface area contributed by atoms with Gasteiger partial charge in [-0.05, 0) is 31.0 Å². The Morgan fingerprint density at radius 3 is 2.59 bits per heavy atom. The molecule has 0 aliphatic carbocycles. The van der Waals surface area contributed by atoms with Gasteiger partial charge >= 0.3 is 0 Å². The lowest BCUT2D eigenvalue weighted by Gasteiger charge is -2.10. The largest absolute Gasteiger partial charge is 0.493 e. The molecule has 0 bridgehead atoms. The van der Waals surface area contributed by atoms with Crippen molar-refractivity contribution in [3.8, 4) is 5.75 Å². The van der Waals surface area contributed by atoms with Gasteiger partial charge in [-0.15, -0.1) is 0 Å². The van der Waals surface area contributed by atoms with Gasteiger partial charge in [0.05, 0.1) is 6.61 Å². The van der Waals surface area contributed by atoms with Gasteiger partial charge in [-0.1, -0.05) is 25.1 Å². The van der Waals surface area contributed by atoms with Crippen molar-refractivity contribution in [1.29, 1.82) is 0 Å². The lowest BCUT2D eigenvalue weighted by atomic mass is 10.1. The van der Waals surface area contributed by atoms with E-state index in [0.29, 0.717) is 13.2 Å². The van der Waals surface area contributed by atoms with Gasteiger partial charge in [-0.2, -0.15) is 0 Å². The summed E-state index contributed by atoms with van der Waals surface area (Å²) >= 11 is 0. The maximum Gasteiger partial charge on any atom is 0.122 e. The first-order chi connectivity index (χ1) is 8.38. The molecule has 96 valence electrons. The van der Waals surface area contributed by atoms with Gasteiger partial charge in [-0.25, -0.2) is 0 Å². The minimum absolute atomic E-state index is 0.695. The zero-order valence-electron chi connectivity index (χ0n) is 10.7. The van der Waals surface area contributed by atoms with Crippen molar-refractivity contribution in [2.45, 2.75) is 26.2 Å². The molecule has 1 aromatic rings. The van der Waals surface area contributed by atoms with Gasteiger partial charge < -0.3 is 15.2 Å². The standard InChI is InChI=1S/C14H23NO2/c1-2-13-7-3-4-8-14(13)17-12-6-11-16-10-5-9-15/h3-4,7-8H,2,5-6,9-12,15H2,1H3. The Morgan fingerprint density at radius 1 is 1.06 bits per heavy atom. The number of rotatable bonds is 9. The molecular weight excluding hydrogens is 214 g/mol. The molecule has 0 heterocycles. The Bertz CT molecular complexity index is 302. The van der Waals surface area contributed by atoms with Gasteiger partial charge in [0.2, 0.25) is 0 Å². The first kappa shape index (κ1) is 14.0. The van der Waals surface area contributed by atoms with Crippen molar-refractivity contribution < 1.29 is 9.47 Å². The minimum atomic E-state index is 0.695. The van der Waals surface area contributed by atoms with Crippen LogP contribution in [0.25, 0.3) is 0 Å². The Kier molecular flexibility index (Phi) is 7.43. The van der Waals surface area contributed by atoms with Gasteiger partial charge in [-0.3, -0.25) is 0 Å². The average Bonchev–Trinajstić information content (AvgIpc) is 2.38. The topological polar surface area (TPSA) is 44.5 Å². The van der Waals surface area contributed by atoms with Crippen LogP contribution in [0.1, 0.15) is 25.3 Å². The maximum absolute atomic E-state index is 5.73. The molecule has 0 spiro atoms. The van der Waals surface area contributed by atoms with Crippen LogP contribution >= 0.6 is 0 Å². The van der Waals surface area contributed by atoms with Crippen LogP contribution in [0, 0.1) is 0 Å². The quantitative estimate of drug-likeness (QED) is 0.671. The fourth-order valence-corrected chi connectivity index (χ4v) is 1.57. The van der Waals surface area contributed by atoms with E-state index in [4.69, 9.17) is 15.2 Å². The molecule has 0 saturated carbocycles. The fourth-order valence-electron chi connectivity index (χ4n) is 1.57. The highest BCUT2D eigenvalue weighted by Gasteiger charge is 1.99. The number of para-hydroxylation sites is 1. The molecule has 1 aromatic carbocycles. The van der Waals surface area contributed by atoms with E-state index in [1.54, 1.807) is 0 Å². The van der Waals surface area contributed by atoms with E-state index in [-0.39, 0.29) is 0 Å². The predicted molar refractivity (Wildman–Crippen MR) is 70.4 cm³/mol. The van der Waals surface area contributed by atoms with Crippen LogP contribution < -0.4 is 10.5 Å². The maximum atomic E-state index is 5.73. The summed E-state index contributed by atoms with van der Waals surface area (Å²) in [7, 11) is 0. The molecule has 0 radical (unpaired) electrons. The van der Waals surface area contributed by atoms with Crippen LogP contribution in [0.2, 0.25) is 0 Å². The Hall–Kier alpha value is -1.06. The van der Waals surface area contributed by atoms with Gasteiger partial charge in [0.25, 0.3) is 0 Å². The summed E-state index contributed by atoms with van der Waals surface area (Å²) in [5.74, 6) is 0.997. The van der Waals surface area contributed by atoms with Crippen molar-refractivity contribution in [3.63, 3.8) is 0 Å². The number of nitrogens with two attached hydrogens (primary N) is 1. The van der Waals surface area contributed by atoms with Crippen molar-refractivity contribution in [2.75, 3.05) is 26.4 Å². The molecule has 0 saturated heterocycles. The zero-order chi connectivity index (χ0) is 12.3. The second kappa shape index (κ2) is 9.02. The normalized spacial score (nSPS) is 10.5. The number of ether oxygens (including phenoxy) is 2. The first-order valence-electron chi connectivity index (χ1n) is 6.37. The average molecular weight is 237 g/mol. The molecule has 0 unspecified atom stereocenters. The van der Waals surface area contributed by atoms with Crippen molar-refractivity contribution >= 4 is 0 Å². The van der Waals surface area contributed by atoms with E-state index in [1.807, 2.05) is 18.2 Å². The number of hydrogen-bond acceptors (Lipinski definition) is 3. The van der Waals surface area contributed by atoms with Gasteiger partial charge in [0, 0.05) is 19.6 Å². The molecule has 0 fully saturated rings. The second-order valence-corrected chi connectivity index (χ2v) is 3.92. The highest BCUT2D eigenvalue weighted by atomic mass is 16.5. The Balaban J connectivity index is 2.13. The molecule has 2 N–H and O–H groups in total. The molecule has 3 nitrogen and oxygen atoms in total. The molecule has 0 atom stereocenters. The van der Waals surface area contributed by atoms with Crippen molar-refractivity contribution in [3.05, 3.63) is 29.8 Å². The number of benzene rings is 1. The van der Waals surface area contributed by atoms with E-state index in [9.17, 15) is 0 Å². The molecule has 1 rings (SSSR count). The lowest BCUT2D eigenvalue weighted by molar-refractivity contribution is 0.118. The molecular formula is C14H23NO2. The molecule has 0 aromatic heterocycles. The number of hydrogen-bond donors (Lipinski definition) is 1.